The van der Waals surface area contributed by atoms with E-state index in [0.29, 0.717) is 28.8 Å². The van der Waals surface area contributed by atoms with E-state index in [-0.39, 0.29) is 5.91 Å². The summed E-state index contributed by atoms with van der Waals surface area (Å²) in [5.41, 5.74) is 4.67. The molecule has 4 heterocycles. The first-order chi connectivity index (χ1) is 16.3. The molecule has 0 saturated carbocycles. The van der Waals surface area contributed by atoms with Crippen molar-refractivity contribution in [2.45, 2.75) is 46.7 Å². The Kier molecular flexibility index (Phi) is 5.36. The number of anilines is 1. The van der Waals surface area contributed by atoms with Crippen LogP contribution in [0.15, 0.2) is 36.9 Å². The van der Waals surface area contributed by atoms with Crippen LogP contribution in [0.4, 0.5) is 5.69 Å². The van der Waals surface area contributed by atoms with Gasteiger partial charge in [0, 0.05) is 35.8 Å². The minimum absolute atomic E-state index is 0.0547. The van der Waals surface area contributed by atoms with Gasteiger partial charge in [-0.25, -0.2) is 24.9 Å². The first-order valence-corrected chi connectivity index (χ1v) is 11.5. The lowest BCUT2D eigenvalue weighted by molar-refractivity contribution is -0.121. The van der Waals surface area contributed by atoms with E-state index >= 15 is 0 Å². The van der Waals surface area contributed by atoms with Crippen LogP contribution in [0.25, 0.3) is 33.8 Å². The van der Waals surface area contributed by atoms with Crippen molar-refractivity contribution in [3.05, 3.63) is 48.3 Å². The van der Waals surface area contributed by atoms with Gasteiger partial charge in [-0.05, 0) is 45.4 Å². The molecule has 2 N–H and O–H groups in total. The predicted octanol–water partition coefficient (Wildman–Crippen LogP) is 3.69. The monoisotopic (exact) mass is 456 g/mol. The number of hydrogen-bond donors (Lipinski definition) is 2. The Morgan fingerprint density at radius 3 is 2.59 bits per heavy atom. The molecule has 3 aromatic heterocycles. The number of fused-ring (bicyclic) bond motifs is 2. The van der Waals surface area contributed by atoms with Crippen molar-refractivity contribution in [3.63, 3.8) is 0 Å². The van der Waals surface area contributed by atoms with E-state index in [2.05, 4.69) is 46.4 Å². The Morgan fingerprint density at radius 1 is 1.12 bits per heavy atom. The van der Waals surface area contributed by atoms with Gasteiger partial charge in [-0.2, -0.15) is 0 Å². The number of nitrogens with one attached hydrogen (secondary N) is 2. The molecule has 34 heavy (non-hydrogen) atoms. The molecule has 0 radical (unpaired) electrons. The molecule has 1 amide bonds. The second kappa shape index (κ2) is 8.25. The quantitative estimate of drug-likeness (QED) is 0.455. The Bertz CT molecular complexity index is 1390. The Hall–Kier alpha value is -3.72. The van der Waals surface area contributed by atoms with Crippen molar-refractivity contribution < 1.29 is 4.79 Å². The van der Waals surface area contributed by atoms with E-state index in [4.69, 9.17) is 9.97 Å². The molecular formula is C25H28N8O. The molecule has 0 aliphatic carbocycles. The molecule has 0 unspecified atom stereocenters. The smallest absolute Gasteiger partial charge is 0.249 e. The van der Waals surface area contributed by atoms with E-state index < -0.39 is 5.54 Å². The summed E-state index contributed by atoms with van der Waals surface area (Å²) in [4.78, 5) is 35.8. The van der Waals surface area contributed by atoms with Crippen LogP contribution in [0.1, 0.15) is 39.1 Å². The van der Waals surface area contributed by atoms with Gasteiger partial charge >= 0.3 is 0 Å². The van der Waals surface area contributed by atoms with Crippen LogP contribution in [0.3, 0.4) is 0 Å². The maximum Gasteiger partial charge on any atom is 0.249 e. The molecule has 1 aliphatic heterocycles. The van der Waals surface area contributed by atoms with Gasteiger partial charge in [0.2, 0.25) is 5.91 Å². The topological polar surface area (TPSA) is 111 Å². The van der Waals surface area contributed by atoms with Crippen LogP contribution in [0.2, 0.25) is 0 Å². The van der Waals surface area contributed by atoms with Crippen molar-refractivity contribution in [2.75, 3.05) is 11.9 Å². The Morgan fingerprint density at radius 2 is 1.88 bits per heavy atom. The maximum absolute atomic E-state index is 12.9. The van der Waals surface area contributed by atoms with Crippen molar-refractivity contribution in [2.24, 2.45) is 5.92 Å². The molecule has 9 nitrogen and oxygen atoms in total. The Balaban J connectivity index is 1.68. The van der Waals surface area contributed by atoms with E-state index in [1.54, 1.807) is 18.7 Å². The lowest BCUT2D eigenvalue weighted by Gasteiger charge is -2.25. The van der Waals surface area contributed by atoms with Gasteiger partial charge in [-0.1, -0.05) is 19.9 Å². The lowest BCUT2D eigenvalue weighted by Crippen LogP contribution is -2.46. The number of aromatic nitrogens is 6. The molecule has 0 fully saturated rings. The fraction of sp³-hybridized carbons (Fsp3) is 0.360. The highest BCUT2D eigenvalue weighted by Crippen LogP contribution is 2.39. The van der Waals surface area contributed by atoms with E-state index in [0.717, 1.165) is 41.1 Å². The number of benzene rings is 1. The highest BCUT2D eigenvalue weighted by atomic mass is 16.2. The van der Waals surface area contributed by atoms with Gasteiger partial charge in [0.1, 0.15) is 22.6 Å². The molecule has 0 bridgehead atoms. The predicted molar refractivity (Wildman–Crippen MR) is 131 cm³/mol. The first kappa shape index (κ1) is 22.1. The molecular weight excluding hydrogens is 428 g/mol. The molecule has 1 aromatic carbocycles. The van der Waals surface area contributed by atoms with Crippen LogP contribution < -0.4 is 10.6 Å². The zero-order valence-electron chi connectivity index (χ0n) is 20.0. The highest BCUT2D eigenvalue weighted by molar-refractivity contribution is 6.06. The van der Waals surface area contributed by atoms with Crippen molar-refractivity contribution in [1.29, 1.82) is 0 Å². The fourth-order valence-electron chi connectivity index (χ4n) is 4.18. The number of hydrogen-bond acceptors (Lipinski definition) is 7. The molecule has 5 rings (SSSR count). The average Bonchev–Trinajstić information content (AvgIpc) is 3.36. The summed E-state index contributed by atoms with van der Waals surface area (Å²) >= 11 is 0. The summed E-state index contributed by atoms with van der Waals surface area (Å²) < 4.78 is 1.99. The number of amides is 1. The summed E-state index contributed by atoms with van der Waals surface area (Å²) in [6.07, 6.45) is 5.25. The fourth-order valence-corrected chi connectivity index (χ4v) is 4.18. The molecule has 174 valence electrons. The SMILES string of the molecule is CCn1cnc2c(-c3ccc4c(c3)[C@](C)(NCC(C)C)C(=O)N4)nc(-c3cnc(C)nc3)nc21. The largest absolute Gasteiger partial charge is 0.324 e. The van der Waals surface area contributed by atoms with Gasteiger partial charge in [-0.15, -0.1) is 0 Å². The van der Waals surface area contributed by atoms with Gasteiger partial charge in [0.05, 0.1) is 11.9 Å². The molecule has 1 aliphatic rings. The number of aryl methyl sites for hydroxylation is 2. The summed E-state index contributed by atoms with van der Waals surface area (Å²) in [6.45, 7) is 11.5. The minimum Gasteiger partial charge on any atom is -0.324 e. The molecule has 0 saturated heterocycles. The van der Waals surface area contributed by atoms with Gasteiger partial charge < -0.3 is 9.88 Å². The van der Waals surface area contributed by atoms with Gasteiger partial charge in [-0.3, -0.25) is 10.1 Å². The van der Waals surface area contributed by atoms with Crippen molar-refractivity contribution >= 4 is 22.8 Å². The normalized spacial score (nSPS) is 17.4. The summed E-state index contributed by atoms with van der Waals surface area (Å²) in [7, 11) is 0. The number of rotatable bonds is 6. The second-order valence-electron chi connectivity index (χ2n) is 9.23. The minimum atomic E-state index is -0.821. The number of carbonyl (C=O) groups excluding carboxylic acids is 1. The summed E-state index contributed by atoms with van der Waals surface area (Å²) in [5, 5.41) is 6.47. The zero-order chi connectivity index (χ0) is 24.0. The third-order valence-electron chi connectivity index (χ3n) is 6.24. The third-order valence-corrected chi connectivity index (χ3v) is 6.24. The standard InChI is InChI=1S/C25H28N8O/c1-6-33-13-28-21-20(31-22(32-23(21)33)17-11-26-15(4)27-12-17)16-7-8-19-18(9-16)25(5,24(34)30-19)29-10-14(2)3/h7-9,11-14,29H,6,10H2,1-5H3,(H,30,34)/t25-/m0/s1. The van der Waals surface area contributed by atoms with E-state index in [1.807, 2.05) is 36.6 Å². The maximum atomic E-state index is 12.9. The number of carbonyl (C=O) groups is 1. The number of nitrogens with zero attached hydrogens (tertiary/aromatic N) is 6. The average molecular weight is 457 g/mol. The lowest BCUT2D eigenvalue weighted by atomic mass is 9.91. The molecule has 9 heteroatoms. The van der Waals surface area contributed by atoms with Crippen LogP contribution in [-0.4, -0.2) is 41.9 Å². The summed E-state index contributed by atoms with van der Waals surface area (Å²) in [5.74, 6) is 1.58. The Labute approximate surface area is 198 Å². The third kappa shape index (κ3) is 3.62. The van der Waals surface area contributed by atoms with E-state index in [9.17, 15) is 4.79 Å². The second-order valence-corrected chi connectivity index (χ2v) is 9.23. The summed E-state index contributed by atoms with van der Waals surface area (Å²) in [6, 6.07) is 5.93. The highest BCUT2D eigenvalue weighted by Gasteiger charge is 2.42. The van der Waals surface area contributed by atoms with E-state index in [1.165, 1.54) is 0 Å². The van der Waals surface area contributed by atoms with Crippen LogP contribution >= 0.6 is 0 Å². The zero-order valence-corrected chi connectivity index (χ0v) is 20.0. The van der Waals surface area contributed by atoms with Crippen molar-refractivity contribution in [3.8, 4) is 22.6 Å². The molecule has 0 spiro atoms. The van der Waals surface area contributed by atoms with Crippen molar-refractivity contribution in [1.82, 2.24) is 34.8 Å². The van der Waals surface area contributed by atoms with Gasteiger partial charge in [0.15, 0.2) is 11.5 Å². The molecule has 1 atom stereocenters. The van der Waals surface area contributed by atoms with Crippen LogP contribution in [-0.2, 0) is 16.9 Å². The molecule has 4 aromatic rings. The first-order valence-electron chi connectivity index (χ1n) is 11.5. The number of imidazole rings is 1. The van der Waals surface area contributed by atoms with Crippen LogP contribution in [0.5, 0.6) is 0 Å². The van der Waals surface area contributed by atoms with Gasteiger partial charge in [0.25, 0.3) is 0 Å². The van der Waals surface area contributed by atoms with Crippen LogP contribution in [0, 0.1) is 12.8 Å².